The Bertz CT molecular complexity index is 243. The second-order valence-corrected chi connectivity index (χ2v) is 4.30. The molecule has 1 rings (SSSR count). The lowest BCUT2D eigenvalue weighted by Crippen LogP contribution is -2.22. The van der Waals surface area contributed by atoms with Gasteiger partial charge in [0.25, 0.3) is 0 Å². The summed E-state index contributed by atoms with van der Waals surface area (Å²) in [5.74, 6) is 0. The van der Waals surface area contributed by atoms with E-state index in [2.05, 4.69) is 25.9 Å². The summed E-state index contributed by atoms with van der Waals surface area (Å²) in [6, 6.07) is 2.01. The lowest BCUT2D eigenvalue weighted by Gasteiger charge is -2.26. The van der Waals surface area contributed by atoms with E-state index in [1.54, 1.807) is 6.26 Å². The van der Waals surface area contributed by atoms with Crippen molar-refractivity contribution in [1.82, 2.24) is 5.16 Å². The zero-order chi connectivity index (χ0) is 10.4. The van der Waals surface area contributed by atoms with E-state index >= 15 is 0 Å². The largest absolute Gasteiger partial charge is 0.364 e. The first-order chi connectivity index (χ1) is 6.73. The van der Waals surface area contributed by atoms with E-state index in [-0.39, 0.29) is 5.41 Å². The Morgan fingerprint density at radius 1 is 1.29 bits per heavy atom. The van der Waals surface area contributed by atoms with Crippen LogP contribution < -0.4 is 0 Å². The van der Waals surface area contributed by atoms with E-state index in [0.29, 0.717) is 0 Å². The summed E-state index contributed by atoms with van der Waals surface area (Å²) < 4.78 is 4.94. The first-order valence-corrected chi connectivity index (χ1v) is 5.64. The molecule has 0 aliphatic heterocycles. The predicted octanol–water partition coefficient (Wildman–Crippen LogP) is 3.92. The Kier molecular flexibility index (Phi) is 4.18. The highest BCUT2D eigenvalue weighted by atomic mass is 16.5. The fraction of sp³-hybridized carbons (Fsp3) is 0.750. The fourth-order valence-corrected chi connectivity index (χ4v) is 2.02. The summed E-state index contributed by atoms with van der Waals surface area (Å²) in [5, 5.41) is 4.08. The van der Waals surface area contributed by atoms with Crippen molar-refractivity contribution in [3.63, 3.8) is 0 Å². The smallest absolute Gasteiger partial charge is 0.124 e. The van der Waals surface area contributed by atoms with Gasteiger partial charge in [0.1, 0.15) is 6.26 Å². The van der Waals surface area contributed by atoms with Crippen molar-refractivity contribution >= 4 is 0 Å². The maximum Gasteiger partial charge on any atom is 0.124 e. The molecule has 0 saturated carbocycles. The maximum absolute atomic E-state index is 4.94. The Labute approximate surface area is 86.7 Å². The van der Waals surface area contributed by atoms with Crippen LogP contribution in [0.25, 0.3) is 0 Å². The number of nitrogens with zero attached hydrogens (tertiary/aromatic N) is 1. The molecule has 0 saturated heterocycles. The quantitative estimate of drug-likeness (QED) is 0.687. The Hall–Kier alpha value is -0.790. The van der Waals surface area contributed by atoms with Crippen molar-refractivity contribution in [1.29, 1.82) is 0 Å². The molecule has 1 aromatic heterocycles. The Morgan fingerprint density at radius 3 is 2.57 bits per heavy atom. The van der Waals surface area contributed by atoms with Gasteiger partial charge in [-0.2, -0.15) is 0 Å². The van der Waals surface area contributed by atoms with Crippen LogP contribution in [0, 0.1) is 0 Å². The molecule has 0 N–H and O–H groups in total. The van der Waals surface area contributed by atoms with Crippen LogP contribution in [0.15, 0.2) is 16.9 Å². The summed E-state index contributed by atoms with van der Waals surface area (Å²) >= 11 is 0. The van der Waals surface area contributed by atoms with Crippen molar-refractivity contribution < 1.29 is 4.52 Å². The van der Waals surface area contributed by atoms with Crippen molar-refractivity contribution in [3.05, 3.63) is 18.0 Å². The zero-order valence-electron chi connectivity index (χ0n) is 9.55. The van der Waals surface area contributed by atoms with E-state index in [9.17, 15) is 0 Å². The van der Waals surface area contributed by atoms with Gasteiger partial charge in [0, 0.05) is 11.5 Å². The molecule has 0 spiro atoms. The highest BCUT2D eigenvalue weighted by Crippen LogP contribution is 2.33. The van der Waals surface area contributed by atoms with E-state index in [1.165, 1.54) is 32.1 Å². The first kappa shape index (κ1) is 11.3. The van der Waals surface area contributed by atoms with Crippen LogP contribution in [0.5, 0.6) is 0 Å². The number of hydrogen-bond acceptors (Lipinski definition) is 2. The number of rotatable bonds is 6. The molecular formula is C12H21NO. The molecule has 0 radical (unpaired) electrons. The molecular weight excluding hydrogens is 174 g/mol. The lowest BCUT2D eigenvalue weighted by atomic mass is 9.78. The van der Waals surface area contributed by atoms with E-state index in [4.69, 9.17) is 4.52 Å². The summed E-state index contributed by atoms with van der Waals surface area (Å²) in [7, 11) is 0. The van der Waals surface area contributed by atoms with Gasteiger partial charge in [0.15, 0.2) is 0 Å². The third kappa shape index (κ3) is 2.60. The maximum atomic E-state index is 4.94. The van der Waals surface area contributed by atoms with Gasteiger partial charge in [-0.15, -0.1) is 0 Å². The molecule has 0 bridgehead atoms. The average Bonchev–Trinajstić information content (AvgIpc) is 2.68. The molecule has 80 valence electrons. The topological polar surface area (TPSA) is 26.0 Å². The van der Waals surface area contributed by atoms with Gasteiger partial charge in [0.2, 0.25) is 0 Å². The van der Waals surface area contributed by atoms with Gasteiger partial charge in [-0.25, -0.2) is 0 Å². The second kappa shape index (κ2) is 5.18. The van der Waals surface area contributed by atoms with Gasteiger partial charge in [-0.3, -0.25) is 0 Å². The van der Waals surface area contributed by atoms with E-state index in [1.807, 2.05) is 6.07 Å². The lowest BCUT2D eigenvalue weighted by molar-refractivity contribution is 0.336. The van der Waals surface area contributed by atoms with Gasteiger partial charge in [0.05, 0.1) is 5.69 Å². The van der Waals surface area contributed by atoms with Gasteiger partial charge >= 0.3 is 0 Å². The minimum atomic E-state index is 0.220. The van der Waals surface area contributed by atoms with Crippen LogP contribution in [-0.2, 0) is 5.41 Å². The van der Waals surface area contributed by atoms with Crippen molar-refractivity contribution in [3.8, 4) is 0 Å². The van der Waals surface area contributed by atoms with E-state index in [0.717, 1.165) is 5.69 Å². The monoisotopic (exact) mass is 195 g/mol. The number of hydrogen-bond donors (Lipinski definition) is 0. The second-order valence-electron chi connectivity index (χ2n) is 4.30. The Morgan fingerprint density at radius 2 is 2.07 bits per heavy atom. The third-order valence-electron chi connectivity index (χ3n) is 2.94. The highest BCUT2D eigenvalue weighted by molar-refractivity contribution is 5.11. The molecule has 0 aliphatic carbocycles. The predicted molar refractivity (Wildman–Crippen MR) is 58.3 cm³/mol. The molecule has 1 aromatic rings. The molecule has 0 aromatic carbocycles. The third-order valence-corrected chi connectivity index (χ3v) is 2.94. The highest BCUT2D eigenvalue weighted by Gasteiger charge is 2.27. The molecule has 0 aliphatic rings. The molecule has 1 heterocycles. The van der Waals surface area contributed by atoms with Crippen LogP contribution >= 0.6 is 0 Å². The molecule has 0 amide bonds. The molecule has 0 fully saturated rings. The average molecular weight is 195 g/mol. The van der Waals surface area contributed by atoms with Crippen molar-refractivity contribution in [2.45, 2.75) is 58.3 Å². The fourth-order valence-electron chi connectivity index (χ4n) is 2.02. The SMILES string of the molecule is CCCCC(C)(CCC)c1ccon1. The van der Waals surface area contributed by atoms with Crippen LogP contribution in [0.4, 0.5) is 0 Å². The summed E-state index contributed by atoms with van der Waals surface area (Å²) in [6.07, 6.45) is 7.80. The molecule has 2 nitrogen and oxygen atoms in total. The summed E-state index contributed by atoms with van der Waals surface area (Å²) in [6.45, 7) is 6.75. The Balaban J connectivity index is 2.70. The van der Waals surface area contributed by atoms with Crippen molar-refractivity contribution in [2.75, 3.05) is 0 Å². The molecule has 14 heavy (non-hydrogen) atoms. The van der Waals surface area contributed by atoms with Gasteiger partial charge in [-0.1, -0.05) is 45.2 Å². The zero-order valence-corrected chi connectivity index (χ0v) is 9.55. The van der Waals surface area contributed by atoms with Crippen LogP contribution in [0.2, 0.25) is 0 Å². The van der Waals surface area contributed by atoms with Gasteiger partial charge < -0.3 is 4.52 Å². The molecule has 1 unspecified atom stereocenters. The number of aromatic nitrogens is 1. The summed E-state index contributed by atoms with van der Waals surface area (Å²) in [5.41, 5.74) is 1.34. The van der Waals surface area contributed by atoms with Crippen LogP contribution in [-0.4, -0.2) is 5.16 Å². The summed E-state index contributed by atoms with van der Waals surface area (Å²) in [4.78, 5) is 0. The number of unbranched alkanes of at least 4 members (excludes halogenated alkanes) is 1. The van der Waals surface area contributed by atoms with Crippen LogP contribution in [0.1, 0.15) is 58.6 Å². The minimum absolute atomic E-state index is 0.220. The minimum Gasteiger partial charge on any atom is -0.364 e. The normalized spacial score (nSPS) is 15.4. The van der Waals surface area contributed by atoms with Crippen LogP contribution in [0.3, 0.4) is 0 Å². The van der Waals surface area contributed by atoms with Crippen molar-refractivity contribution in [2.24, 2.45) is 0 Å². The van der Waals surface area contributed by atoms with E-state index < -0.39 is 0 Å². The van der Waals surface area contributed by atoms with Gasteiger partial charge in [-0.05, 0) is 12.8 Å². The first-order valence-electron chi connectivity index (χ1n) is 5.64. The standard InChI is InChI=1S/C12H21NO/c1-4-6-9-12(3,8-5-2)11-7-10-14-13-11/h7,10H,4-6,8-9H2,1-3H3. The molecule has 2 heteroatoms. The molecule has 1 atom stereocenters.